The van der Waals surface area contributed by atoms with Crippen LogP contribution in [-0.2, 0) is 11.3 Å². The van der Waals surface area contributed by atoms with Gasteiger partial charge in [-0.3, -0.25) is 0 Å². The molecule has 0 bridgehead atoms. The second-order valence-electron chi connectivity index (χ2n) is 7.35. The fourth-order valence-corrected chi connectivity index (χ4v) is 3.69. The molecule has 0 amide bonds. The van der Waals surface area contributed by atoms with Crippen LogP contribution >= 0.6 is 0 Å². The monoisotopic (exact) mass is 359 g/mol. The molecule has 1 atom stereocenters. The molecule has 2 saturated heterocycles. The minimum Gasteiger partial charge on any atom is -0.381 e. The second-order valence-corrected chi connectivity index (χ2v) is 7.35. The molecular weight excluding hydrogens is 326 g/mol. The summed E-state index contributed by atoms with van der Waals surface area (Å²) in [6.07, 6.45) is 6.94. The summed E-state index contributed by atoms with van der Waals surface area (Å²) in [5.74, 6) is 2.67. The molecule has 2 aliphatic heterocycles. The van der Waals surface area contributed by atoms with Gasteiger partial charge in [0.2, 0.25) is 0 Å². The molecule has 0 radical (unpaired) electrons. The maximum Gasteiger partial charge on any atom is 0.193 e. The lowest BCUT2D eigenvalue weighted by Gasteiger charge is -2.28. The van der Waals surface area contributed by atoms with Crippen LogP contribution in [0.2, 0.25) is 0 Å². The van der Waals surface area contributed by atoms with E-state index in [0.29, 0.717) is 12.5 Å². The Morgan fingerprint density at radius 3 is 2.96 bits per heavy atom. The van der Waals surface area contributed by atoms with Gasteiger partial charge in [0.15, 0.2) is 5.96 Å². The lowest BCUT2D eigenvalue weighted by molar-refractivity contribution is 0.181. The number of nitrogens with zero attached hydrogens (tertiary/aromatic N) is 4. The zero-order valence-electron chi connectivity index (χ0n) is 16.3. The SMILES string of the molecule is CCNC(=NCc1ccnc(N2CCCCC2)c1)N(C)CC1CCOC1. The lowest BCUT2D eigenvalue weighted by atomic mass is 10.1. The number of nitrogens with one attached hydrogen (secondary N) is 1. The third-order valence-corrected chi connectivity index (χ3v) is 5.15. The van der Waals surface area contributed by atoms with E-state index in [9.17, 15) is 0 Å². The molecule has 1 aromatic rings. The van der Waals surface area contributed by atoms with E-state index in [1.54, 1.807) is 0 Å². The molecular formula is C20H33N5O. The van der Waals surface area contributed by atoms with Gasteiger partial charge in [0.1, 0.15) is 5.82 Å². The number of ether oxygens (including phenoxy) is 1. The van der Waals surface area contributed by atoms with Gasteiger partial charge in [-0.1, -0.05) is 0 Å². The summed E-state index contributed by atoms with van der Waals surface area (Å²) < 4.78 is 5.50. The molecule has 2 fully saturated rings. The number of hydrogen-bond donors (Lipinski definition) is 1. The summed E-state index contributed by atoms with van der Waals surface area (Å²) in [6.45, 7) is 8.65. The average molecular weight is 360 g/mol. The van der Waals surface area contributed by atoms with Crippen LogP contribution in [0.15, 0.2) is 23.3 Å². The van der Waals surface area contributed by atoms with Crippen molar-refractivity contribution in [3.05, 3.63) is 23.9 Å². The maximum atomic E-state index is 5.50. The van der Waals surface area contributed by atoms with Crippen molar-refractivity contribution in [3.8, 4) is 0 Å². The lowest BCUT2D eigenvalue weighted by Crippen LogP contribution is -2.41. The zero-order valence-corrected chi connectivity index (χ0v) is 16.3. The van der Waals surface area contributed by atoms with Crippen molar-refractivity contribution in [2.75, 3.05) is 51.3 Å². The molecule has 2 aliphatic rings. The van der Waals surface area contributed by atoms with Gasteiger partial charge in [0.05, 0.1) is 13.2 Å². The van der Waals surface area contributed by atoms with Gasteiger partial charge in [0, 0.05) is 51.9 Å². The van der Waals surface area contributed by atoms with Crippen LogP contribution in [0.5, 0.6) is 0 Å². The van der Waals surface area contributed by atoms with E-state index in [1.807, 2.05) is 6.20 Å². The van der Waals surface area contributed by atoms with E-state index >= 15 is 0 Å². The Labute approximate surface area is 157 Å². The van der Waals surface area contributed by atoms with Crippen molar-refractivity contribution < 1.29 is 4.74 Å². The number of rotatable bonds is 6. The van der Waals surface area contributed by atoms with E-state index in [1.165, 1.54) is 24.8 Å². The highest BCUT2D eigenvalue weighted by molar-refractivity contribution is 5.79. The first-order chi connectivity index (χ1) is 12.8. The second kappa shape index (κ2) is 9.76. The topological polar surface area (TPSA) is 53.0 Å². The summed E-state index contributed by atoms with van der Waals surface area (Å²) in [6, 6.07) is 4.27. The van der Waals surface area contributed by atoms with E-state index in [2.05, 4.69) is 46.2 Å². The van der Waals surface area contributed by atoms with Gasteiger partial charge in [0.25, 0.3) is 0 Å². The predicted octanol–water partition coefficient (Wildman–Crippen LogP) is 2.51. The van der Waals surface area contributed by atoms with E-state index < -0.39 is 0 Å². The van der Waals surface area contributed by atoms with Crippen molar-refractivity contribution >= 4 is 11.8 Å². The Bertz CT molecular complexity index is 579. The third-order valence-electron chi connectivity index (χ3n) is 5.15. The molecule has 6 heteroatoms. The highest BCUT2D eigenvalue weighted by Crippen LogP contribution is 2.19. The Kier molecular flexibility index (Phi) is 7.12. The molecule has 3 heterocycles. The van der Waals surface area contributed by atoms with Crippen molar-refractivity contribution in [1.29, 1.82) is 0 Å². The number of pyridine rings is 1. The molecule has 0 spiro atoms. The zero-order chi connectivity index (χ0) is 18.2. The van der Waals surface area contributed by atoms with Crippen LogP contribution in [0.4, 0.5) is 5.82 Å². The highest BCUT2D eigenvalue weighted by Gasteiger charge is 2.19. The van der Waals surface area contributed by atoms with Gasteiger partial charge in [-0.25, -0.2) is 9.98 Å². The molecule has 1 aromatic heterocycles. The van der Waals surface area contributed by atoms with Crippen LogP contribution < -0.4 is 10.2 Å². The van der Waals surface area contributed by atoms with Gasteiger partial charge >= 0.3 is 0 Å². The molecule has 0 aliphatic carbocycles. The number of guanidine groups is 1. The van der Waals surface area contributed by atoms with Crippen molar-refractivity contribution in [3.63, 3.8) is 0 Å². The number of aliphatic imine (C=N–C) groups is 1. The Balaban J connectivity index is 1.62. The van der Waals surface area contributed by atoms with Crippen LogP contribution in [0.3, 0.4) is 0 Å². The first kappa shape index (κ1) is 19.0. The number of aromatic nitrogens is 1. The average Bonchev–Trinajstić information content (AvgIpc) is 3.19. The largest absolute Gasteiger partial charge is 0.381 e. The Morgan fingerprint density at radius 2 is 2.23 bits per heavy atom. The number of anilines is 1. The fraction of sp³-hybridized carbons (Fsp3) is 0.700. The molecule has 0 aromatic carbocycles. The van der Waals surface area contributed by atoms with E-state index in [-0.39, 0.29) is 0 Å². The molecule has 3 rings (SSSR count). The highest BCUT2D eigenvalue weighted by atomic mass is 16.5. The standard InChI is InChI=1S/C20H33N5O/c1-3-21-20(24(2)15-18-8-12-26-16-18)23-14-17-7-9-22-19(13-17)25-10-5-4-6-11-25/h7,9,13,18H,3-6,8,10-12,14-16H2,1-2H3,(H,21,23). The Morgan fingerprint density at radius 1 is 1.38 bits per heavy atom. The summed E-state index contributed by atoms with van der Waals surface area (Å²) in [7, 11) is 2.12. The predicted molar refractivity (Wildman–Crippen MR) is 107 cm³/mol. The van der Waals surface area contributed by atoms with Crippen molar-refractivity contribution in [1.82, 2.24) is 15.2 Å². The molecule has 26 heavy (non-hydrogen) atoms. The van der Waals surface area contributed by atoms with Crippen LogP contribution in [-0.4, -0.2) is 62.3 Å². The van der Waals surface area contributed by atoms with Crippen molar-refractivity contribution in [2.45, 2.75) is 39.2 Å². The summed E-state index contributed by atoms with van der Waals surface area (Å²) in [5, 5.41) is 3.41. The van der Waals surface area contributed by atoms with Crippen LogP contribution in [0.25, 0.3) is 0 Å². The quantitative estimate of drug-likeness (QED) is 0.625. The maximum absolute atomic E-state index is 5.50. The molecule has 1 N–H and O–H groups in total. The van der Waals surface area contributed by atoms with Gasteiger partial charge in [-0.2, -0.15) is 0 Å². The van der Waals surface area contributed by atoms with Gasteiger partial charge in [-0.05, 0) is 50.3 Å². The minimum absolute atomic E-state index is 0.607. The molecule has 0 saturated carbocycles. The van der Waals surface area contributed by atoms with E-state index in [0.717, 1.165) is 57.6 Å². The first-order valence-corrected chi connectivity index (χ1v) is 10.0. The number of piperidine rings is 1. The molecule has 6 nitrogen and oxygen atoms in total. The number of hydrogen-bond acceptors (Lipinski definition) is 4. The minimum atomic E-state index is 0.607. The molecule has 1 unspecified atom stereocenters. The summed E-state index contributed by atoms with van der Waals surface area (Å²) >= 11 is 0. The Hall–Kier alpha value is -1.82. The smallest absolute Gasteiger partial charge is 0.193 e. The normalized spacial score (nSPS) is 21.1. The van der Waals surface area contributed by atoms with Crippen LogP contribution in [0.1, 0.15) is 38.2 Å². The van der Waals surface area contributed by atoms with Gasteiger partial charge < -0.3 is 19.9 Å². The van der Waals surface area contributed by atoms with Crippen LogP contribution in [0, 0.1) is 5.92 Å². The van der Waals surface area contributed by atoms with Gasteiger partial charge in [-0.15, -0.1) is 0 Å². The summed E-state index contributed by atoms with van der Waals surface area (Å²) in [4.78, 5) is 14.1. The summed E-state index contributed by atoms with van der Waals surface area (Å²) in [5.41, 5.74) is 1.22. The third kappa shape index (κ3) is 5.34. The van der Waals surface area contributed by atoms with E-state index in [4.69, 9.17) is 9.73 Å². The first-order valence-electron chi connectivity index (χ1n) is 10.0. The molecule has 144 valence electrons. The fourth-order valence-electron chi connectivity index (χ4n) is 3.69. The van der Waals surface area contributed by atoms with Crippen molar-refractivity contribution in [2.24, 2.45) is 10.9 Å².